The lowest BCUT2D eigenvalue weighted by molar-refractivity contribution is -0.123. The summed E-state index contributed by atoms with van der Waals surface area (Å²) in [5.74, 6) is -2.40. The number of rotatable bonds is 7. The fraction of sp³-hybridized carbons (Fsp3) is 0.476. The van der Waals surface area contributed by atoms with Gasteiger partial charge >= 0.3 is 12.0 Å². The zero-order valence-corrected chi connectivity index (χ0v) is 16.9. The number of nitrogens with one attached hydrogen (secondary N) is 2. The van der Waals surface area contributed by atoms with Gasteiger partial charge in [0.15, 0.2) is 6.61 Å². The van der Waals surface area contributed by atoms with E-state index in [2.05, 4.69) is 10.6 Å². The fourth-order valence-corrected chi connectivity index (χ4v) is 3.61. The Morgan fingerprint density at radius 1 is 1.10 bits per heavy atom. The summed E-state index contributed by atoms with van der Waals surface area (Å²) in [5.41, 5.74) is 0.440. The van der Waals surface area contributed by atoms with Gasteiger partial charge in [0.1, 0.15) is 0 Å². The van der Waals surface area contributed by atoms with E-state index in [9.17, 15) is 24.0 Å². The molecule has 9 heteroatoms. The standard InChI is InChI=1S/C21H25N3O6/c1-2-3-10-24-18(26)15-9-8-13(11-16(15)19(24)27)20(28)30-12-17(25)23-21(29)22-14-6-4-5-7-14/h8-9,11,14H,2-7,10,12H2,1H3,(H2,22,23,25,29). The Morgan fingerprint density at radius 3 is 2.50 bits per heavy atom. The van der Waals surface area contributed by atoms with Crippen molar-refractivity contribution in [3.63, 3.8) is 0 Å². The number of nitrogens with zero attached hydrogens (tertiary/aromatic N) is 1. The smallest absolute Gasteiger partial charge is 0.338 e. The van der Waals surface area contributed by atoms with E-state index in [0.717, 1.165) is 32.1 Å². The molecule has 2 aliphatic rings. The zero-order chi connectivity index (χ0) is 21.7. The van der Waals surface area contributed by atoms with E-state index in [4.69, 9.17) is 4.74 Å². The highest BCUT2D eigenvalue weighted by molar-refractivity contribution is 6.22. The van der Waals surface area contributed by atoms with Crippen molar-refractivity contribution in [3.05, 3.63) is 34.9 Å². The van der Waals surface area contributed by atoms with Crippen molar-refractivity contribution in [2.24, 2.45) is 0 Å². The number of ether oxygens (including phenoxy) is 1. The molecule has 0 spiro atoms. The summed E-state index contributed by atoms with van der Waals surface area (Å²) in [6.07, 6.45) is 5.39. The molecule has 1 aliphatic carbocycles. The second-order valence-electron chi connectivity index (χ2n) is 7.46. The first kappa shape index (κ1) is 21.5. The Labute approximate surface area is 174 Å². The molecule has 160 valence electrons. The molecule has 5 amide bonds. The Hall–Kier alpha value is -3.23. The predicted molar refractivity (Wildman–Crippen MR) is 106 cm³/mol. The molecule has 1 aliphatic heterocycles. The summed E-state index contributed by atoms with van der Waals surface area (Å²) in [7, 11) is 0. The maximum absolute atomic E-state index is 12.5. The molecule has 3 rings (SSSR count). The third-order valence-electron chi connectivity index (χ3n) is 5.22. The molecule has 0 atom stereocenters. The lowest BCUT2D eigenvalue weighted by Gasteiger charge is -2.12. The van der Waals surface area contributed by atoms with E-state index < -0.39 is 30.4 Å². The molecule has 2 N–H and O–H groups in total. The largest absolute Gasteiger partial charge is 0.452 e. The molecular formula is C21H25N3O6. The number of amides is 5. The molecule has 1 aromatic rings. The van der Waals surface area contributed by atoms with Gasteiger partial charge in [0.2, 0.25) is 0 Å². The Bertz CT molecular complexity index is 875. The van der Waals surface area contributed by atoms with E-state index in [1.165, 1.54) is 23.1 Å². The monoisotopic (exact) mass is 415 g/mol. The molecule has 1 fully saturated rings. The zero-order valence-electron chi connectivity index (χ0n) is 16.9. The number of urea groups is 1. The molecule has 0 radical (unpaired) electrons. The second kappa shape index (κ2) is 9.51. The molecular weight excluding hydrogens is 390 g/mol. The summed E-state index contributed by atoms with van der Waals surface area (Å²) >= 11 is 0. The van der Waals surface area contributed by atoms with Gasteiger partial charge in [-0.15, -0.1) is 0 Å². The van der Waals surface area contributed by atoms with Gasteiger partial charge in [-0.2, -0.15) is 0 Å². The van der Waals surface area contributed by atoms with Crippen LogP contribution >= 0.6 is 0 Å². The number of benzene rings is 1. The molecule has 30 heavy (non-hydrogen) atoms. The number of hydrogen-bond donors (Lipinski definition) is 2. The number of carbonyl (C=O) groups excluding carboxylic acids is 5. The van der Waals surface area contributed by atoms with Crippen molar-refractivity contribution in [3.8, 4) is 0 Å². The lowest BCUT2D eigenvalue weighted by atomic mass is 10.1. The highest BCUT2D eigenvalue weighted by atomic mass is 16.5. The average molecular weight is 415 g/mol. The van der Waals surface area contributed by atoms with Gasteiger partial charge in [0, 0.05) is 12.6 Å². The van der Waals surface area contributed by atoms with Gasteiger partial charge in [-0.05, 0) is 37.5 Å². The summed E-state index contributed by atoms with van der Waals surface area (Å²) in [5, 5.41) is 4.82. The van der Waals surface area contributed by atoms with Crippen LogP contribution < -0.4 is 10.6 Å². The topological polar surface area (TPSA) is 122 Å². The van der Waals surface area contributed by atoms with Gasteiger partial charge in [-0.3, -0.25) is 24.6 Å². The number of hydrogen-bond acceptors (Lipinski definition) is 6. The van der Waals surface area contributed by atoms with E-state index in [1.54, 1.807) is 0 Å². The van der Waals surface area contributed by atoms with Crippen LogP contribution in [0.4, 0.5) is 4.79 Å². The molecule has 0 aromatic heterocycles. The van der Waals surface area contributed by atoms with Crippen molar-refractivity contribution in [1.29, 1.82) is 0 Å². The second-order valence-corrected chi connectivity index (χ2v) is 7.46. The van der Waals surface area contributed by atoms with Gasteiger partial charge in [-0.25, -0.2) is 9.59 Å². The van der Waals surface area contributed by atoms with Crippen molar-refractivity contribution < 1.29 is 28.7 Å². The molecule has 1 saturated carbocycles. The molecule has 0 unspecified atom stereocenters. The van der Waals surface area contributed by atoms with E-state index in [1.807, 2.05) is 6.92 Å². The van der Waals surface area contributed by atoms with Crippen LogP contribution in [0.1, 0.15) is 76.5 Å². The van der Waals surface area contributed by atoms with Gasteiger partial charge in [0.05, 0.1) is 16.7 Å². The maximum Gasteiger partial charge on any atom is 0.338 e. The summed E-state index contributed by atoms with van der Waals surface area (Å²) in [4.78, 5) is 61.8. The lowest BCUT2D eigenvalue weighted by Crippen LogP contribution is -2.45. The third-order valence-corrected chi connectivity index (χ3v) is 5.22. The summed E-state index contributed by atoms with van der Waals surface area (Å²) < 4.78 is 4.93. The minimum absolute atomic E-state index is 0.0513. The molecule has 0 saturated heterocycles. The van der Waals surface area contributed by atoms with Gasteiger partial charge < -0.3 is 10.1 Å². The summed E-state index contributed by atoms with van der Waals surface area (Å²) in [6.45, 7) is 1.65. The number of unbranched alkanes of at least 4 members (excludes halogenated alkanes) is 1. The summed E-state index contributed by atoms with van der Waals surface area (Å²) in [6, 6.07) is 3.53. The fourth-order valence-electron chi connectivity index (χ4n) is 3.61. The van der Waals surface area contributed by atoms with Gasteiger partial charge in [0.25, 0.3) is 17.7 Å². The van der Waals surface area contributed by atoms with Crippen LogP contribution in [-0.2, 0) is 9.53 Å². The predicted octanol–water partition coefficient (Wildman–Crippen LogP) is 2.01. The Kier molecular flexibility index (Phi) is 6.81. The minimum atomic E-state index is -0.823. The van der Waals surface area contributed by atoms with Crippen molar-refractivity contribution in [2.75, 3.05) is 13.2 Å². The first-order valence-electron chi connectivity index (χ1n) is 10.2. The van der Waals surface area contributed by atoms with Crippen LogP contribution in [-0.4, -0.2) is 53.8 Å². The highest BCUT2D eigenvalue weighted by Crippen LogP contribution is 2.24. The van der Waals surface area contributed by atoms with Crippen molar-refractivity contribution in [2.45, 2.75) is 51.5 Å². The van der Waals surface area contributed by atoms with Crippen LogP contribution in [0.2, 0.25) is 0 Å². The van der Waals surface area contributed by atoms with Crippen LogP contribution in [0.3, 0.4) is 0 Å². The Morgan fingerprint density at radius 2 is 1.80 bits per heavy atom. The highest BCUT2D eigenvalue weighted by Gasteiger charge is 2.35. The maximum atomic E-state index is 12.5. The first-order valence-corrected chi connectivity index (χ1v) is 10.2. The van der Waals surface area contributed by atoms with Crippen molar-refractivity contribution >= 4 is 29.7 Å². The minimum Gasteiger partial charge on any atom is -0.452 e. The van der Waals surface area contributed by atoms with Crippen LogP contribution in [0.25, 0.3) is 0 Å². The average Bonchev–Trinajstić information content (AvgIpc) is 3.31. The van der Waals surface area contributed by atoms with E-state index >= 15 is 0 Å². The number of esters is 1. The Balaban J connectivity index is 1.53. The first-order chi connectivity index (χ1) is 14.4. The number of imide groups is 2. The van der Waals surface area contributed by atoms with Crippen LogP contribution in [0, 0.1) is 0 Å². The quantitative estimate of drug-likeness (QED) is 0.519. The number of carbonyl (C=O) groups is 5. The third kappa shape index (κ3) is 4.84. The van der Waals surface area contributed by atoms with Gasteiger partial charge in [-0.1, -0.05) is 26.2 Å². The molecule has 9 nitrogen and oxygen atoms in total. The van der Waals surface area contributed by atoms with E-state index in [0.29, 0.717) is 13.0 Å². The molecule has 0 bridgehead atoms. The van der Waals surface area contributed by atoms with Crippen molar-refractivity contribution in [1.82, 2.24) is 15.5 Å². The number of fused-ring (bicyclic) bond motifs is 1. The molecule has 1 heterocycles. The van der Waals surface area contributed by atoms with Crippen LogP contribution in [0.15, 0.2) is 18.2 Å². The van der Waals surface area contributed by atoms with E-state index in [-0.39, 0.29) is 28.6 Å². The molecule has 1 aromatic carbocycles. The SMILES string of the molecule is CCCCN1C(=O)c2ccc(C(=O)OCC(=O)NC(=O)NC3CCCC3)cc2C1=O. The normalized spacial score (nSPS) is 15.8. The van der Waals surface area contributed by atoms with Crippen LogP contribution in [0.5, 0.6) is 0 Å².